The molecule has 1 atom stereocenters. The van der Waals surface area contributed by atoms with Crippen LogP contribution in [0.15, 0.2) is 59.5 Å². The van der Waals surface area contributed by atoms with Crippen LogP contribution >= 0.6 is 12.4 Å². The Morgan fingerprint density at radius 3 is 2.52 bits per heavy atom. The molecule has 1 heterocycles. The minimum absolute atomic E-state index is 0. The van der Waals surface area contributed by atoms with E-state index in [1.165, 1.54) is 0 Å². The van der Waals surface area contributed by atoms with Crippen LogP contribution in [0.25, 0.3) is 0 Å². The van der Waals surface area contributed by atoms with Crippen LogP contribution in [0.5, 0.6) is 0 Å². The fourth-order valence-electron chi connectivity index (χ4n) is 2.86. The Bertz CT molecular complexity index is 853. The van der Waals surface area contributed by atoms with Gasteiger partial charge in [-0.2, -0.15) is 0 Å². The van der Waals surface area contributed by atoms with Gasteiger partial charge in [-0.05, 0) is 23.8 Å². The Morgan fingerprint density at radius 1 is 1.11 bits per heavy atom. The molecule has 0 radical (unpaired) electrons. The number of hydrogen-bond acceptors (Lipinski definition) is 5. The van der Waals surface area contributed by atoms with Gasteiger partial charge in [0.15, 0.2) is 9.84 Å². The number of amides is 1. The predicted molar refractivity (Wildman–Crippen MR) is 107 cm³/mol. The van der Waals surface area contributed by atoms with Gasteiger partial charge < -0.3 is 15.4 Å². The summed E-state index contributed by atoms with van der Waals surface area (Å²) in [6, 6.07) is 15.3. The highest BCUT2D eigenvalue weighted by atomic mass is 35.5. The minimum atomic E-state index is -3.48. The number of rotatable bonds is 6. The zero-order valence-corrected chi connectivity index (χ0v) is 16.4. The molecule has 1 fully saturated rings. The number of anilines is 1. The molecule has 2 aromatic carbocycles. The highest BCUT2D eigenvalue weighted by molar-refractivity contribution is 7.90. The van der Waals surface area contributed by atoms with Crippen molar-refractivity contribution in [1.82, 2.24) is 5.32 Å². The van der Waals surface area contributed by atoms with Gasteiger partial charge in [0.1, 0.15) is 0 Å². The van der Waals surface area contributed by atoms with Crippen LogP contribution in [-0.4, -0.2) is 40.1 Å². The molecule has 2 N–H and O–H groups in total. The van der Waals surface area contributed by atoms with Crippen LogP contribution < -0.4 is 10.6 Å². The van der Waals surface area contributed by atoms with Crippen LogP contribution in [0.1, 0.15) is 12.0 Å². The van der Waals surface area contributed by atoms with E-state index in [2.05, 4.69) is 10.6 Å². The maximum absolute atomic E-state index is 12.6. The van der Waals surface area contributed by atoms with Gasteiger partial charge in [-0.1, -0.05) is 36.4 Å². The zero-order valence-electron chi connectivity index (χ0n) is 14.8. The molecule has 27 heavy (non-hydrogen) atoms. The second kappa shape index (κ2) is 9.85. The molecule has 1 unspecified atom stereocenters. The lowest BCUT2D eigenvalue weighted by molar-refractivity contribution is -0.117. The summed E-state index contributed by atoms with van der Waals surface area (Å²) in [6.45, 7) is 1.87. The molecular weight excluding hydrogens is 388 g/mol. The van der Waals surface area contributed by atoms with Gasteiger partial charge >= 0.3 is 0 Å². The van der Waals surface area contributed by atoms with E-state index in [4.69, 9.17) is 4.74 Å². The molecule has 1 saturated heterocycles. The molecule has 0 aliphatic carbocycles. The number of sulfone groups is 1. The summed E-state index contributed by atoms with van der Waals surface area (Å²) in [4.78, 5) is 12.6. The first-order chi connectivity index (χ1) is 12.5. The van der Waals surface area contributed by atoms with Gasteiger partial charge in [-0.25, -0.2) is 8.42 Å². The van der Waals surface area contributed by atoms with Gasteiger partial charge in [-0.15, -0.1) is 12.4 Å². The topological polar surface area (TPSA) is 84.5 Å². The third kappa shape index (κ3) is 6.04. The second-order valence-corrected chi connectivity index (χ2v) is 8.20. The van der Waals surface area contributed by atoms with Crippen LogP contribution in [0, 0.1) is 0 Å². The number of benzene rings is 2. The molecule has 8 heteroatoms. The Morgan fingerprint density at radius 2 is 1.81 bits per heavy atom. The molecule has 2 aromatic rings. The van der Waals surface area contributed by atoms with Crippen molar-refractivity contribution >= 4 is 33.8 Å². The number of halogens is 1. The van der Waals surface area contributed by atoms with E-state index < -0.39 is 9.84 Å². The average Bonchev–Trinajstić information content (AvgIpc) is 2.65. The fourth-order valence-corrected chi connectivity index (χ4v) is 4.26. The standard InChI is InChI=1S/C19H22N2O4S.ClH/c22-19(12-16-13-25-11-10-20-16)21-18-9-5-4-6-15(18)14-26(23,24)17-7-2-1-3-8-17;/h1-9,16,20H,10-14H2,(H,21,22);1H. The van der Waals surface area contributed by atoms with E-state index in [0.717, 1.165) is 6.54 Å². The number of ether oxygens (including phenoxy) is 1. The number of carbonyl (C=O) groups excluding carboxylic acids is 1. The Labute approximate surface area is 165 Å². The molecule has 0 saturated carbocycles. The van der Waals surface area contributed by atoms with E-state index in [9.17, 15) is 13.2 Å². The first-order valence-electron chi connectivity index (χ1n) is 8.51. The van der Waals surface area contributed by atoms with E-state index in [0.29, 0.717) is 24.5 Å². The van der Waals surface area contributed by atoms with E-state index in [1.807, 2.05) is 0 Å². The van der Waals surface area contributed by atoms with E-state index in [1.54, 1.807) is 54.6 Å². The second-order valence-electron chi connectivity index (χ2n) is 6.21. The summed E-state index contributed by atoms with van der Waals surface area (Å²) in [6.07, 6.45) is 0.278. The normalized spacial score (nSPS) is 17.0. The Hall–Kier alpha value is -1.93. The molecule has 146 valence electrons. The van der Waals surface area contributed by atoms with Crippen molar-refractivity contribution in [3.63, 3.8) is 0 Å². The Balaban J connectivity index is 0.00000261. The van der Waals surface area contributed by atoms with Gasteiger partial charge in [0, 0.05) is 24.7 Å². The summed E-state index contributed by atoms with van der Waals surface area (Å²) >= 11 is 0. The lowest BCUT2D eigenvalue weighted by Crippen LogP contribution is -2.43. The highest BCUT2D eigenvalue weighted by Crippen LogP contribution is 2.22. The summed E-state index contributed by atoms with van der Waals surface area (Å²) < 4.78 is 30.6. The molecule has 3 rings (SSSR count). The SMILES string of the molecule is Cl.O=C(CC1COCCN1)Nc1ccccc1CS(=O)(=O)c1ccccc1. The quantitative estimate of drug-likeness (QED) is 0.763. The van der Waals surface area contributed by atoms with Crippen molar-refractivity contribution < 1.29 is 17.9 Å². The van der Waals surface area contributed by atoms with E-state index in [-0.39, 0.29) is 41.4 Å². The fraction of sp³-hybridized carbons (Fsp3) is 0.316. The summed E-state index contributed by atoms with van der Waals surface area (Å²) in [5.41, 5.74) is 1.09. The number of nitrogens with one attached hydrogen (secondary N) is 2. The molecule has 0 spiro atoms. The minimum Gasteiger partial charge on any atom is -0.378 e. The smallest absolute Gasteiger partial charge is 0.226 e. The largest absolute Gasteiger partial charge is 0.378 e. The summed E-state index contributed by atoms with van der Waals surface area (Å²) in [7, 11) is -3.48. The van der Waals surface area contributed by atoms with Crippen LogP contribution in [0.2, 0.25) is 0 Å². The van der Waals surface area contributed by atoms with Gasteiger partial charge in [0.25, 0.3) is 0 Å². The number of carbonyl (C=O) groups is 1. The van der Waals surface area contributed by atoms with Crippen molar-refractivity contribution in [3.8, 4) is 0 Å². The lowest BCUT2D eigenvalue weighted by atomic mass is 10.1. The zero-order chi connectivity index (χ0) is 18.4. The number of para-hydroxylation sites is 1. The molecule has 0 aromatic heterocycles. The van der Waals surface area contributed by atoms with Gasteiger partial charge in [0.05, 0.1) is 23.9 Å². The summed E-state index contributed by atoms with van der Waals surface area (Å²) in [5.74, 6) is -0.337. The monoisotopic (exact) mass is 410 g/mol. The summed E-state index contributed by atoms with van der Waals surface area (Å²) in [5, 5.41) is 6.06. The van der Waals surface area contributed by atoms with Crippen molar-refractivity contribution in [2.24, 2.45) is 0 Å². The van der Waals surface area contributed by atoms with Gasteiger partial charge in [0.2, 0.25) is 5.91 Å². The number of morpholine rings is 1. The third-order valence-electron chi connectivity index (χ3n) is 4.17. The maximum atomic E-state index is 12.6. The van der Waals surface area contributed by atoms with Crippen molar-refractivity contribution in [3.05, 3.63) is 60.2 Å². The molecule has 1 amide bonds. The highest BCUT2D eigenvalue weighted by Gasteiger charge is 2.20. The molecular formula is C19H23ClN2O4S. The Kier molecular flexibility index (Phi) is 7.79. The van der Waals surface area contributed by atoms with E-state index >= 15 is 0 Å². The van der Waals surface area contributed by atoms with Gasteiger partial charge in [-0.3, -0.25) is 4.79 Å². The molecule has 0 bridgehead atoms. The van der Waals surface area contributed by atoms with Crippen LogP contribution in [-0.2, 0) is 25.1 Å². The maximum Gasteiger partial charge on any atom is 0.226 e. The lowest BCUT2D eigenvalue weighted by Gasteiger charge is -2.23. The van der Waals surface area contributed by atoms with Crippen LogP contribution in [0.4, 0.5) is 5.69 Å². The average molecular weight is 411 g/mol. The van der Waals surface area contributed by atoms with Crippen molar-refractivity contribution in [2.45, 2.75) is 23.1 Å². The first-order valence-corrected chi connectivity index (χ1v) is 10.2. The first kappa shape index (κ1) is 21.4. The third-order valence-corrected chi connectivity index (χ3v) is 5.85. The van der Waals surface area contributed by atoms with Crippen molar-refractivity contribution in [2.75, 3.05) is 25.1 Å². The molecule has 1 aliphatic heterocycles. The molecule has 1 aliphatic rings. The predicted octanol–water partition coefficient (Wildman–Crippen LogP) is 2.40. The molecule has 6 nitrogen and oxygen atoms in total. The number of hydrogen-bond donors (Lipinski definition) is 2. The van der Waals surface area contributed by atoms with Crippen LogP contribution in [0.3, 0.4) is 0 Å². The van der Waals surface area contributed by atoms with Crippen molar-refractivity contribution in [1.29, 1.82) is 0 Å².